The number of anilines is 1. The highest BCUT2D eigenvalue weighted by Gasteiger charge is 2.31. The molecule has 2 aromatic rings. The number of hydrogen-bond acceptors (Lipinski definition) is 2. The SMILES string of the molecule is CC(C)CNc1nccn1-c1cc(Cl)cc(C(F)(F)F)c1. The summed E-state index contributed by atoms with van der Waals surface area (Å²) in [7, 11) is 0. The van der Waals surface area contributed by atoms with Gasteiger partial charge in [0.05, 0.1) is 11.3 Å². The Labute approximate surface area is 125 Å². The third-order valence-corrected chi connectivity index (χ3v) is 3.02. The molecule has 2 rings (SSSR count). The zero-order chi connectivity index (χ0) is 15.6. The summed E-state index contributed by atoms with van der Waals surface area (Å²) < 4.78 is 40.1. The molecule has 0 saturated carbocycles. The lowest BCUT2D eigenvalue weighted by Gasteiger charge is -2.14. The van der Waals surface area contributed by atoms with Crippen molar-refractivity contribution in [2.45, 2.75) is 20.0 Å². The van der Waals surface area contributed by atoms with Gasteiger partial charge < -0.3 is 5.32 Å². The fourth-order valence-electron chi connectivity index (χ4n) is 1.81. The minimum absolute atomic E-state index is 0.0309. The van der Waals surface area contributed by atoms with E-state index in [0.29, 0.717) is 24.1 Å². The van der Waals surface area contributed by atoms with Crippen molar-refractivity contribution in [3.05, 3.63) is 41.2 Å². The van der Waals surface area contributed by atoms with Gasteiger partial charge in [-0.05, 0) is 24.1 Å². The smallest absolute Gasteiger partial charge is 0.355 e. The molecular weight excluding hydrogens is 303 g/mol. The van der Waals surface area contributed by atoms with Crippen molar-refractivity contribution in [3.8, 4) is 5.69 Å². The van der Waals surface area contributed by atoms with Gasteiger partial charge >= 0.3 is 6.18 Å². The maximum absolute atomic E-state index is 12.8. The summed E-state index contributed by atoms with van der Waals surface area (Å²) in [5.74, 6) is 0.874. The first-order valence-electron chi connectivity index (χ1n) is 6.43. The molecule has 1 aromatic heterocycles. The van der Waals surface area contributed by atoms with E-state index in [1.165, 1.54) is 12.3 Å². The Hall–Kier alpha value is -1.69. The second-order valence-electron chi connectivity index (χ2n) is 5.09. The number of alkyl halides is 3. The molecule has 0 fully saturated rings. The van der Waals surface area contributed by atoms with E-state index in [0.717, 1.165) is 12.1 Å². The molecule has 0 saturated heterocycles. The largest absolute Gasteiger partial charge is 0.416 e. The van der Waals surface area contributed by atoms with Crippen LogP contribution >= 0.6 is 11.6 Å². The van der Waals surface area contributed by atoms with Gasteiger partial charge in [0.2, 0.25) is 5.95 Å². The molecule has 0 radical (unpaired) electrons. The molecule has 0 bridgehead atoms. The molecule has 0 aliphatic carbocycles. The number of benzene rings is 1. The summed E-state index contributed by atoms with van der Waals surface area (Å²) >= 11 is 5.80. The van der Waals surface area contributed by atoms with Crippen molar-refractivity contribution in [1.29, 1.82) is 0 Å². The molecule has 0 spiro atoms. The van der Waals surface area contributed by atoms with E-state index in [1.54, 1.807) is 10.8 Å². The van der Waals surface area contributed by atoms with Gasteiger partial charge in [0.15, 0.2) is 0 Å². The van der Waals surface area contributed by atoms with Gasteiger partial charge in [-0.1, -0.05) is 25.4 Å². The summed E-state index contributed by atoms with van der Waals surface area (Å²) in [6.45, 7) is 4.73. The molecule has 1 aromatic carbocycles. The standard InChI is InChI=1S/C14H15ClF3N3/c1-9(2)8-20-13-19-3-4-21(13)12-6-10(14(16,17)18)5-11(15)7-12/h3-7,9H,8H2,1-2H3,(H,19,20). The Kier molecular flexibility index (Phi) is 4.46. The van der Waals surface area contributed by atoms with Gasteiger partial charge in [-0.25, -0.2) is 4.98 Å². The van der Waals surface area contributed by atoms with E-state index in [4.69, 9.17) is 11.6 Å². The molecule has 1 N–H and O–H groups in total. The molecule has 1 heterocycles. The van der Waals surface area contributed by atoms with Gasteiger partial charge in [-0.3, -0.25) is 4.57 Å². The molecule has 0 aliphatic rings. The normalized spacial score (nSPS) is 12.0. The van der Waals surface area contributed by atoms with Gasteiger partial charge in [-0.2, -0.15) is 13.2 Å². The molecule has 0 unspecified atom stereocenters. The first kappa shape index (κ1) is 15.7. The minimum Gasteiger partial charge on any atom is -0.355 e. The molecule has 114 valence electrons. The van der Waals surface area contributed by atoms with E-state index in [-0.39, 0.29) is 5.02 Å². The summed E-state index contributed by atoms with van der Waals surface area (Å²) in [5, 5.41) is 3.13. The van der Waals surface area contributed by atoms with Crippen LogP contribution in [0.3, 0.4) is 0 Å². The number of aromatic nitrogens is 2. The van der Waals surface area contributed by atoms with Crippen molar-refractivity contribution in [2.24, 2.45) is 5.92 Å². The predicted molar refractivity (Wildman–Crippen MR) is 76.9 cm³/mol. The minimum atomic E-state index is -4.44. The van der Waals surface area contributed by atoms with Crippen LogP contribution in [-0.2, 0) is 6.18 Å². The molecule has 21 heavy (non-hydrogen) atoms. The lowest BCUT2D eigenvalue weighted by atomic mass is 10.2. The quantitative estimate of drug-likeness (QED) is 0.892. The van der Waals surface area contributed by atoms with E-state index in [9.17, 15) is 13.2 Å². The predicted octanol–water partition coefficient (Wildman–Crippen LogP) is 4.61. The maximum atomic E-state index is 12.8. The number of nitrogens with one attached hydrogen (secondary N) is 1. The molecule has 0 amide bonds. The second kappa shape index (κ2) is 5.97. The Bertz CT molecular complexity index is 620. The van der Waals surface area contributed by atoms with Crippen LogP contribution in [0.2, 0.25) is 5.02 Å². The summed E-state index contributed by atoms with van der Waals surface area (Å²) in [6, 6.07) is 3.43. The molecule has 7 heteroatoms. The number of rotatable bonds is 4. The van der Waals surface area contributed by atoms with Crippen molar-refractivity contribution in [2.75, 3.05) is 11.9 Å². The lowest BCUT2D eigenvalue weighted by Crippen LogP contribution is -2.12. The van der Waals surface area contributed by atoms with E-state index >= 15 is 0 Å². The number of nitrogens with zero attached hydrogens (tertiary/aromatic N) is 2. The molecule has 3 nitrogen and oxygen atoms in total. The summed E-state index contributed by atoms with van der Waals surface area (Å²) in [5.41, 5.74) is -0.466. The average molecular weight is 318 g/mol. The molecule has 0 aliphatic heterocycles. The Morgan fingerprint density at radius 1 is 1.29 bits per heavy atom. The summed E-state index contributed by atoms with van der Waals surface area (Å²) in [6.07, 6.45) is -1.32. The van der Waals surface area contributed by atoms with Crippen LogP contribution < -0.4 is 5.32 Å². The zero-order valence-corrected chi connectivity index (χ0v) is 12.3. The molecular formula is C14H15ClF3N3. The first-order chi connectivity index (χ1) is 9.77. The monoisotopic (exact) mass is 317 g/mol. The fraction of sp³-hybridized carbons (Fsp3) is 0.357. The van der Waals surface area contributed by atoms with Crippen molar-refractivity contribution in [3.63, 3.8) is 0 Å². The zero-order valence-electron chi connectivity index (χ0n) is 11.6. The van der Waals surface area contributed by atoms with E-state index in [2.05, 4.69) is 10.3 Å². The highest BCUT2D eigenvalue weighted by atomic mass is 35.5. The van der Waals surface area contributed by atoms with Crippen LogP contribution in [-0.4, -0.2) is 16.1 Å². The van der Waals surface area contributed by atoms with Gasteiger partial charge in [-0.15, -0.1) is 0 Å². The second-order valence-corrected chi connectivity index (χ2v) is 5.53. The van der Waals surface area contributed by atoms with Crippen molar-refractivity contribution >= 4 is 17.5 Å². The maximum Gasteiger partial charge on any atom is 0.416 e. The first-order valence-corrected chi connectivity index (χ1v) is 6.80. The van der Waals surface area contributed by atoms with Gasteiger partial charge in [0.1, 0.15) is 0 Å². The van der Waals surface area contributed by atoms with Gasteiger partial charge in [0.25, 0.3) is 0 Å². The third kappa shape index (κ3) is 3.91. The Balaban J connectivity index is 2.39. The van der Waals surface area contributed by atoms with Crippen LogP contribution in [0.4, 0.5) is 19.1 Å². The average Bonchev–Trinajstić information content (AvgIpc) is 2.82. The van der Waals surface area contributed by atoms with Crippen LogP contribution in [0.1, 0.15) is 19.4 Å². The van der Waals surface area contributed by atoms with E-state index in [1.807, 2.05) is 13.8 Å². The molecule has 0 atom stereocenters. The van der Waals surface area contributed by atoms with Crippen LogP contribution in [0.15, 0.2) is 30.6 Å². The lowest BCUT2D eigenvalue weighted by molar-refractivity contribution is -0.137. The van der Waals surface area contributed by atoms with Crippen LogP contribution in [0.25, 0.3) is 5.69 Å². The topological polar surface area (TPSA) is 29.9 Å². The number of halogens is 4. The Morgan fingerprint density at radius 3 is 2.62 bits per heavy atom. The fourth-order valence-corrected chi connectivity index (χ4v) is 2.04. The number of imidazole rings is 1. The summed E-state index contributed by atoms with van der Waals surface area (Å²) in [4.78, 5) is 4.11. The van der Waals surface area contributed by atoms with Gasteiger partial charge in [0, 0.05) is 24.0 Å². The van der Waals surface area contributed by atoms with E-state index < -0.39 is 11.7 Å². The van der Waals surface area contributed by atoms with Crippen LogP contribution in [0, 0.1) is 5.92 Å². The Morgan fingerprint density at radius 2 is 2.00 bits per heavy atom. The van der Waals surface area contributed by atoms with Crippen molar-refractivity contribution in [1.82, 2.24) is 9.55 Å². The third-order valence-electron chi connectivity index (χ3n) is 2.80. The number of hydrogen-bond donors (Lipinski definition) is 1. The van der Waals surface area contributed by atoms with Crippen LogP contribution in [0.5, 0.6) is 0 Å². The van der Waals surface area contributed by atoms with Crippen molar-refractivity contribution < 1.29 is 13.2 Å². The highest BCUT2D eigenvalue weighted by Crippen LogP contribution is 2.33. The highest BCUT2D eigenvalue weighted by molar-refractivity contribution is 6.30.